The van der Waals surface area contributed by atoms with E-state index >= 15 is 0 Å². The minimum Gasteiger partial charge on any atom is -0.476 e. The Morgan fingerprint density at radius 3 is 2.79 bits per heavy atom. The molecule has 2 aromatic heterocycles. The predicted octanol–water partition coefficient (Wildman–Crippen LogP) is 1.73. The first-order valence-corrected chi connectivity index (χ1v) is 5.92. The van der Waals surface area contributed by atoms with E-state index in [-0.39, 0.29) is 5.69 Å². The van der Waals surface area contributed by atoms with E-state index < -0.39 is 5.97 Å². The van der Waals surface area contributed by atoms with Crippen molar-refractivity contribution >= 4 is 11.8 Å². The summed E-state index contributed by atoms with van der Waals surface area (Å²) in [5.74, 6) is 0.802. The number of carboxylic acid groups (broad SMARTS) is 1. The van der Waals surface area contributed by atoms with Crippen LogP contribution in [0.15, 0.2) is 23.0 Å². The summed E-state index contributed by atoms with van der Waals surface area (Å²) in [6.07, 6.45) is 6.03. The van der Waals surface area contributed by atoms with Crippen LogP contribution in [0.2, 0.25) is 0 Å². The fourth-order valence-electron chi connectivity index (χ4n) is 1.47. The second-order valence-corrected chi connectivity index (χ2v) is 3.92. The van der Waals surface area contributed by atoms with Gasteiger partial charge in [-0.15, -0.1) is 0 Å². The van der Waals surface area contributed by atoms with Crippen LogP contribution >= 0.6 is 0 Å². The minimum atomic E-state index is -1.10. The lowest BCUT2D eigenvalue weighted by molar-refractivity contribution is 0.0690. The van der Waals surface area contributed by atoms with Gasteiger partial charge in [0.2, 0.25) is 0 Å². The van der Waals surface area contributed by atoms with Crippen molar-refractivity contribution in [1.29, 1.82) is 0 Å². The van der Waals surface area contributed by atoms with Crippen molar-refractivity contribution in [2.75, 3.05) is 5.32 Å². The molecule has 0 bridgehead atoms. The van der Waals surface area contributed by atoms with Crippen molar-refractivity contribution in [1.82, 2.24) is 15.0 Å². The lowest BCUT2D eigenvalue weighted by atomic mass is 10.3. The molecular weight excluding hydrogens is 248 g/mol. The first kappa shape index (κ1) is 13.0. The number of aryl methyl sites for hydroxylation is 1. The van der Waals surface area contributed by atoms with Crippen LogP contribution in [0.3, 0.4) is 0 Å². The molecule has 7 heteroatoms. The lowest BCUT2D eigenvalue weighted by Crippen LogP contribution is -2.05. The second-order valence-electron chi connectivity index (χ2n) is 3.92. The van der Waals surface area contributed by atoms with Gasteiger partial charge in [-0.2, -0.15) is 0 Å². The van der Waals surface area contributed by atoms with Gasteiger partial charge in [-0.05, 0) is 6.42 Å². The van der Waals surface area contributed by atoms with Crippen molar-refractivity contribution < 1.29 is 14.3 Å². The number of nitrogens with zero attached hydrogens (tertiary/aromatic N) is 3. The Hall–Kier alpha value is -2.44. The lowest BCUT2D eigenvalue weighted by Gasteiger charge is -2.02. The van der Waals surface area contributed by atoms with Gasteiger partial charge in [0.15, 0.2) is 11.6 Å². The monoisotopic (exact) mass is 262 g/mol. The number of nitrogens with one attached hydrogen (secondary N) is 1. The molecule has 19 heavy (non-hydrogen) atoms. The zero-order valence-electron chi connectivity index (χ0n) is 10.5. The second kappa shape index (κ2) is 5.94. The molecule has 2 N–H and O–H groups in total. The maximum atomic E-state index is 10.6. The van der Waals surface area contributed by atoms with Gasteiger partial charge >= 0.3 is 5.97 Å². The van der Waals surface area contributed by atoms with Gasteiger partial charge in [0.1, 0.15) is 11.6 Å². The number of hydrogen-bond donors (Lipinski definition) is 2. The molecule has 0 radical (unpaired) electrons. The van der Waals surface area contributed by atoms with Gasteiger partial charge < -0.3 is 14.8 Å². The SMILES string of the molecule is CCCc1ncc(CNc2cnc(C(=O)O)cn2)o1. The Morgan fingerprint density at radius 2 is 2.16 bits per heavy atom. The van der Waals surface area contributed by atoms with E-state index in [1.54, 1.807) is 6.20 Å². The molecule has 0 unspecified atom stereocenters. The Bertz CT molecular complexity index is 550. The van der Waals surface area contributed by atoms with Crippen LogP contribution in [0.5, 0.6) is 0 Å². The number of carboxylic acids is 1. The van der Waals surface area contributed by atoms with Gasteiger partial charge in [-0.25, -0.2) is 19.7 Å². The fraction of sp³-hybridized carbons (Fsp3) is 0.333. The number of aromatic nitrogens is 3. The topological polar surface area (TPSA) is 101 Å². The van der Waals surface area contributed by atoms with Crippen molar-refractivity contribution in [2.45, 2.75) is 26.3 Å². The third-order valence-electron chi connectivity index (χ3n) is 2.38. The fourth-order valence-corrected chi connectivity index (χ4v) is 1.47. The largest absolute Gasteiger partial charge is 0.476 e. The maximum Gasteiger partial charge on any atom is 0.356 e. The molecule has 0 aromatic carbocycles. The van der Waals surface area contributed by atoms with Crippen LogP contribution < -0.4 is 5.32 Å². The average Bonchev–Trinajstić information content (AvgIpc) is 2.85. The highest BCUT2D eigenvalue weighted by molar-refractivity contribution is 5.84. The van der Waals surface area contributed by atoms with Crippen molar-refractivity contribution in [3.63, 3.8) is 0 Å². The molecular formula is C12H14N4O3. The minimum absolute atomic E-state index is 0.0875. The Labute approximate surface area is 109 Å². The molecule has 0 aliphatic heterocycles. The third kappa shape index (κ3) is 3.51. The van der Waals surface area contributed by atoms with Crippen LogP contribution in [0.25, 0.3) is 0 Å². The molecule has 2 aromatic rings. The summed E-state index contributed by atoms with van der Waals surface area (Å²) in [5.41, 5.74) is -0.0875. The Morgan fingerprint density at radius 1 is 1.32 bits per heavy atom. The van der Waals surface area contributed by atoms with E-state index in [0.717, 1.165) is 12.8 Å². The highest BCUT2D eigenvalue weighted by atomic mass is 16.4. The van der Waals surface area contributed by atoms with E-state index in [9.17, 15) is 4.79 Å². The number of hydrogen-bond acceptors (Lipinski definition) is 6. The van der Waals surface area contributed by atoms with Gasteiger partial charge in [0.05, 0.1) is 25.1 Å². The predicted molar refractivity (Wildman–Crippen MR) is 66.8 cm³/mol. The van der Waals surface area contributed by atoms with E-state index in [2.05, 4.69) is 27.2 Å². The molecule has 0 atom stereocenters. The summed E-state index contributed by atoms with van der Waals surface area (Å²) < 4.78 is 5.49. The quantitative estimate of drug-likeness (QED) is 0.817. The highest BCUT2D eigenvalue weighted by Crippen LogP contribution is 2.08. The number of oxazole rings is 1. The van der Waals surface area contributed by atoms with Crippen LogP contribution in [-0.4, -0.2) is 26.0 Å². The van der Waals surface area contributed by atoms with Crippen molar-refractivity contribution in [2.24, 2.45) is 0 Å². The molecule has 2 rings (SSSR count). The zero-order valence-corrected chi connectivity index (χ0v) is 10.5. The molecule has 0 saturated carbocycles. The Kier molecular flexibility index (Phi) is 4.07. The summed E-state index contributed by atoms with van der Waals surface area (Å²) in [5, 5.41) is 11.7. The third-order valence-corrected chi connectivity index (χ3v) is 2.38. The van der Waals surface area contributed by atoms with E-state index in [0.29, 0.717) is 24.0 Å². The summed E-state index contributed by atoms with van der Waals surface area (Å²) in [6.45, 7) is 2.49. The molecule has 0 fully saturated rings. The van der Waals surface area contributed by atoms with Crippen molar-refractivity contribution in [3.8, 4) is 0 Å². The van der Waals surface area contributed by atoms with E-state index in [4.69, 9.17) is 9.52 Å². The van der Waals surface area contributed by atoms with Crippen LogP contribution in [0.1, 0.15) is 35.5 Å². The standard InChI is InChI=1S/C12H14N4O3/c1-2-3-11-16-5-8(19-11)4-14-10-7-13-9(6-15-10)12(17)18/h5-7H,2-4H2,1H3,(H,14,15)(H,17,18). The molecule has 7 nitrogen and oxygen atoms in total. The summed E-state index contributed by atoms with van der Waals surface area (Å²) >= 11 is 0. The smallest absolute Gasteiger partial charge is 0.356 e. The van der Waals surface area contributed by atoms with Gasteiger partial charge in [0.25, 0.3) is 0 Å². The van der Waals surface area contributed by atoms with E-state index in [1.807, 2.05) is 0 Å². The first-order valence-electron chi connectivity index (χ1n) is 5.92. The molecule has 2 heterocycles. The first-order chi connectivity index (χ1) is 9.19. The van der Waals surface area contributed by atoms with Gasteiger partial charge in [-0.3, -0.25) is 0 Å². The maximum absolute atomic E-state index is 10.6. The van der Waals surface area contributed by atoms with Crippen LogP contribution in [-0.2, 0) is 13.0 Å². The van der Waals surface area contributed by atoms with Crippen molar-refractivity contribution in [3.05, 3.63) is 35.9 Å². The number of carbonyl (C=O) groups is 1. The average molecular weight is 262 g/mol. The van der Waals surface area contributed by atoms with Crippen LogP contribution in [0, 0.1) is 0 Å². The summed E-state index contributed by atoms with van der Waals surface area (Å²) in [7, 11) is 0. The molecule has 0 saturated heterocycles. The molecule has 0 aliphatic rings. The number of anilines is 1. The molecule has 0 amide bonds. The molecule has 0 aliphatic carbocycles. The number of aromatic carboxylic acids is 1. The van der Waals surface area contributed by atoms with Gasteiger partial charge in [-0.1, -0.05) is 6.92 Å². The summed E-state index contributed by atoms with van der Waals surface area (Å²) in [6, 6.07) is 0. The van der Waals surface area contributed by atoms with E-state index in [1.165, 1.54) is 12.4 Å². The zero-order chi connectivity index (χ0) is 13.7. The normalized spacial score (nSPS) is 10.4. The summed E-state index contributed by atoms with van der Waals surface area (Å²) in [4.78, 5) is 22.4. The highest BCUT2D eigenvalue weighted by Gasteiger charge is 2.06. The molecule has 0 spiro atoms. The van der Waals surface area contributed by atoms with Gasteiger partial charge in [0, 0.05) is 6.42 Å². The number of rotatable bonds is 6. The van der Waals surface area contributed by atoms with Crippen LogP contribution in [0.4, 0.5) is 5.82 Å². The molecule has 100 valence electrons. The Balaban J connectivity index is 1.92.